The van der Waals surface area contributed by atoms with Crippen molar-refractivity contribution in [2.45, 2.75) is 18.3 Å². The maximum atomic E-state index is 6.20. The second-order valence-corrected chi connectivity index (χ2v) is 7.65. The maximum Gasteiger partial charge on any atom is 0.209 e. The summed E-state index contributed by atoms with van der Waals surface area (Å²) in [5.41, 5.74) is 1.95. The van der Waals surface area contributed by atoms with Gasteiger partial charge >= 0.3 is 0 Å². The zero-order valence-corrected chi connectivity index (χ0v) is 18.3. The molecule has 0 aliphatic heterocycles. The molecule has 0 amide bonds. The summed E-state index contributed by atoms with van der Waals surface area (Å²) in [5.74, 6) is 1.64. The molecule has 28 heavy (non-hydrogen) atoms. The topological polar surface area (TPSA) is 64.9 Å². The number of hydrogen-bond donors (Lipinski definition) is 1. The van der Waals surface area contributed by atoms with Crippen molar-refractivity contribution in [2.75, 3.05) is 12.3 Å². The van der Waals surface area contributed by atoms with Crippen molar-refractivity contribution < 1.29 is 4.74 Å². The highest BCUT2D eigenvalue weighted by molar-refractivity contribution is 7.99. The molecule has 1 heterocycles. The van der Waals surface area contributed by atoms with Crippen LogP contribution < -0.4 is 10.1 Å². The van der Waals surface area contributed by atoms with E-state index < -0.39 is 0 Å². The van der Waals surface area contributed by atoms with Gasteiger partial charge in [0.15, 0.2) is 0 Å². The van der Waals surface area contributed by atoms with Crippen molar-refractivity contribution in [1.82, 2.24) is 25.5 Å². The van der Waals surface area contributed by atoms with Crippen LogP contribution in [0.5, 0.6) is 5.75 Å². The molecule has 0 saturated heterocycles. The summed E-state index contributed by atoms with van der Waals surface area (Å²) in [6.45, 7) is 1.85. The number of nitrogens with one attached hydrogen (secondary N) is 1. The number of aryl methyl sites for hydroxylation is 1. The molecule has 0 aliphatic rings. The molecule has 0 fully saturated rings. The molecule has 2 aromatic carbocycles. The van der Waals surface area contributed by atoms with Crippen LogP contribution in [0.4, 0.5) is 0 Å². The average Bonchev–Trinajstić information content (AvgIpc) is 3.07. The number of benzene rings is 2. The standard InChI is InChI=1S/C18H19Cl2N5OS.ClH/c1-25-18(22-23-24-25)27-9-8-21-11-14-10-15(19)6-7-17(14)26-12-13-4-2-3-5-16(13)20;/h2-7,10,21H,8-9,11-12H2,1H3;1H. The molecule has 3 aromatic rings. The van der Waals surface area contributed by atoms with E-state index in [1.54, 1.807) is 16.4 Å². The lowest BCUT2D eigenvalue weighted by molar-refractivity contribution is 0.302. The molecule has 10 heteroatoms. The Hall–Kier alpha value is -1.51. The average molecular weight is 461 g/mol. The van der Waals surface area contributed by atoms with E-state index >= 15 is 0 Å². The van der Waals surface area contributed by atoms with E-state index in [1.165, 1.54) is 0 Å². The molecule has 1 aromatic heterocycles. The Bertz CT molecular complexity index is 893. The summed E-state index contributed by atoms with van der Waals surface area (Å²) < 4.78 is 7.63. The van der Waals surface area contributed by atoms with Crippen molar-refractivity contribution in [1.29, 1.82) is 0 Å². The van der Waals surface area contributed by atoms with Crippen LogP contribution in [0.2, 0.25) is 10.0 Å². The lowest BCUT2D eigenvalue weighted by atomic mass is 10.2. The van der Waals surface area contributed by atoms with Gasteiger partial charge in [0.05, 0.1) is 0 Å². The Morgan fingerprint density at radius 3 is 2.71 bits per heavy atom. The number of halogens is 3. The summed E-state index contributed by atoms with van der Waals surface area (Å²) in [4.78, 5) is 0. The van der Waals surface area contributed by atoms with Gasteiger partial charge in [0, 0.05) is 47.1 Å². The minimum Gasteiger partial charge on any atom is -0.489 e. The molecule has 3 rings (SSSR count). The number of tetrazole rings is 1. The molecule has 0 radical (unpaired) electrons. The molecule has 0 spiro atoms. The summed E-state index contributed by atoms with van der Waals surface area (Å²) in [6.07, 6.45) is 0. The number of rotatable bonds is 9. The number of aromatic nitrogens is 4. The first-order valence-corrected chi connectivity index (χ1v) is 10.1. The molecule has 150 valence electrons. The molecule has 0 aliphatic carbocycles. The Morgan fingerprint density at radius 1 is 1.14 bits per heavy atom. The van der Waals surface area contributed by atoms with Gasteiger partial charge in [0.1, 0.15) is 12.4 Å². The van der Waals surface area contributed by atoms with Gasteiger partial charge in [-0.25, -0.2) is 4.68 Å². The van der Waals surface area contributed by atoms with Crippen LogP contribution in [-0.2, 0) is 20.2 Å². The van der Waals surface area contributed by atoms with Gasteiger partial charge in [-0.15, -0.1) is 17.5 Å². The van der Waals surface area contributed by atoms with E-state index in [4.69, 9.17) is 27.9 Å². The second kappa shape index (κ2) is 11.5. The molecular formula is C18H20Cl3N5OS. The van der Waals surface area contributed by atoms with Gasteiger partial charge in [-0.05, 0) is 34.7 Å². The Kier molecular flexibility index (Phi) is 9.34. The number of hydrogen-bond acceptors (Lipinski definition) is 6. The zero-order valence-electron chi connectivity index (χ0n) is 15.1. The Balaban J connectivity index is 0.00000280. The third-order valence-electron chi connectivity index (χ3n) is 3.77. The highest BCUT2D eigenvalue weighted by atomic mass is 35.5. The maximum absolute atomic E-state index is 6.20. The minimum atomic E-state index is 0. The van der Waals surface area contributed by atoms with Crippen molar-refractivity contribution in [3.63, 3.8) is 0 Å². The smallest absolute Gasteiger partial charge is 0.209 e. The number of nitrogens with zero attached hydrogens (tertiary/aromatic N) is 4. The van der Waals surface area contributed by atoms with E-state index in [0.29, 0.717) is 23.2 Å². The molecule has 0 bridgehead atoms. The van der Waals surface area contributed by atoms with E-state index in [1.807, 2.05) is 49.5 Å². The summed E-state index contributed by atoms with van der Waals surface area (Å²) in [7, 11) is 1.82. The predicted octanol–water partition coefficient (Wildman–Crippen LogP) is 4.40. The fourth-order valence-corrected chi connectivity index (χ4v) is 3.51. The first kappa shape index (κ1) is 22.8. The van der Waals surface area contributed by atoms with Crippen LogP contribution >= 0.6 is 47.4 Å². The largest absolute Gasteiger partial charge is 0.489 e. The second-order valence-electron chi connectivity index (χ2n) is 5.74. The van der Waals surface area contributed by atoms with E-state index in [0.717, 1.165) is 34.3 Å². The summed E-state index contributed by atoms with van der Waals surface area (Å²) in [5, 5.41) is 16.9. The predicted molar refractivity (Wildman–Crippen MR) is 116 cm³/mol. The molecule has 1 N–H and O–H groups in total. The van der Waals surface area contributed by atoms with Crippen LogP contribution in [0.1, 0.15) is 11.1 Å². The first-order valence-electron chi connectivity index (χ1n) is 8.34. The minimum absolute atomic E-state index is 0. The van der Waals surface area contributed by atoms with Gasteiger partial charge < -0.3 is 10.1 Å². The molecular weight excluding hydrogens is 441 g/mol. The fourth-order valence-electron chi connectivity index (χ4n) is 2.38. The van der Waals surface area contributed by atoms with Crippen molar-refractivity contribution >= 4 is 47.4 Å². The van der Waals surface area contributed by atoms with Crippen molar-refractivity contribution in [3.05, 3.63) is 63.6 Å². The van der Waals surface area contributed by atoms with Gasteiger partial charge in [-0.2, -0.15) is 0 Å². The summed E-state index contributed by atoms with van der Waals surface area (Å²) in [6, 6.07) is 13.3. The van der Waals surface area contributed by atoms with E-state index in [-0.39, 0.29) is 12.4 Å². The van der Waals surface area contributed by atoms with Crippen molar-refractivity contribution in [3.8, 4) is 5.75 Å². The van der Waals surface area contributed by atoms with E-state index in [9.17, 15) is 0 Å². The van der Waals surface area contributed by atoms with Gasteiger partial charge in [-0.1, -0.05) is 53.2 Å². The van der Waals surface area contributed by atoms with Gasteiger partial charge in [0.2, 0.25) is 5.16 Å². The summed E-state index contributed by atoms with van der Waals surface area (Å²) >= 11 is 13.9. The molecule has 0 atom stereocenters. The normalized spacial score (nSPS) is 10.5. The van der Waals surface area contributed by atoms with Crippen LogP contribution in [0, 0.1) is 0 Å². The van der Waals surface area contributed by atoms with Crippen LogP contribution in [-0.4, -0.2) is 32.5 Å². The SMILES string of the molecule is Cl.Cn1nnnc1SCCNCc1cc(Cl)ccc1OCc1ccccc1Cl. The van der Waals surface area contributed by atoms with Gasteiger partial charge in [-0.3, -0.25) is 0 Å². The number of thioether (sulfide) groups is 1. The van der Waals surface area contributed by atoms with Crippen LogP contribution in [0.3, 0.4) is 0 Å². The Labute approximate surface area is 184 Å². The van der Waals surface area contributed by atoms with Gasteiger partial charge in [0.25, 0.3) is 0 Å². The Morgan fingerprint density at radius 2 is 1.96 bits per heavy atom. The lowest BCUT2D eigenvalue weighted by Crippen LogP contribution is -2.17. The molecule has 0 unspecified atom stereocenters. The fraction of sp³-hybridized carbons (Fsp3) is 0.278. The highest BCUT2D eigenvalue weighted by Crippen LogP contribution is 2.25. The first-order chi connectivity index (χ1) is 13.1. The monoisotopic (exact) mass is 459 g/mol. The highest BCUT2D eigenvalue weighted by Gasteiger charge is 2.07. The lowest BCUT2D eigenvalue weighted by Gasteiger charge is -2.13. The number of ether oxygens (including phenoxy) is 1. The molecule has 6 nitrogen and oxygen atoms in total. The van der Waals surface area contributed by atoms with E-state index in [2.05, 4.69) is 20.8 Å². The van der Waals surface area contributed by atoms with Crippen LogP contribution in [0.25, 0.3) is 0 Å². The quantitative estimate of drug-likeness (QED) is 0.377. The zero-order chi connectivity index (χ0) is 19.1. The van der Waals surface area contributed by atoms with Crippen LogP contribution in [0.15, 0.2) is 47.6 Å². The van der Waals surface area contributed by atoms with Crippen molar-refractivity contribution in [2.24, 2.45) is 7.05 Å². The third kappa shape index (κ3) is 6.53. The third-order valence-corrected chi connectivity index (χ3v) is 5.39. The molecule has 0 saturated carbocycles.